The number of hydrogen-bond donors (Lipinski definition) is 1. The third-order valence-corrected chi connectivity index (χ3v) is 4.24. The smallest absolute Gasteiger partial charge is 0.186 e. The molecule has 2 N–H and O–H groups in total. The summed E-state index contributed by atoms with van der Waals surface area (Å²) in [7, 11) is 0. The van der Waals surface area contributed by atoms with E-state index in [-0.39, 0.29) is 0 Å². The molecule has 102 valence electrons. The van der Waals surface area contributed by atoms with Crippen LogP contribution in [0.15, 0.2) is 24.5 Å². The summed E-state index contributed by atoms with van der Waals surface area (Å²) >= 11 is 1.71. The Bertz CT molecular complexity index is 488. The molecule has 0 aliphatic heterocycles. The monoisotopic (exact) mass is 276 g/mol. The number of anilines is 1. The molecule has 0 bridgehead atoms. The predicted octanol–water partition coefficient (Wildman–Crippen LogP) is 2.59. The molecule has 4 nitrogen and oxygen atoms in total. The topological polar surface area (TPSA) is 55.0 Å². The summed E-state index contributed by atoms with van der Waals surface area (Å²) in [5.41, 5.74) is 8.16. The van der Waals surface area contributed by atoms with Gasteiger partial charge in [-0.05, 0) is 31.0 Å². The van der Waals surface area contributed by atoms with Crippen molar-refractivity contribution < 1.29 is 0 Å². The highest BCUT2D eigenvalue weighted by atomic mass is 32.1. The van der Waals surface area contributed by atoms with Crippen molar-refractivity contribution in [3.8, 4) is 0 Å². The number of aromatic nitrogens is 2. The van der Waals surface area contributed by atoms with Crippen molar-refractivity contribution in [2.45, 2.75) is 33.4 Å². The molecule has 0 aromatic carbocycles. The number of rotatable bonds is 6. The van der Waals surface area contributed by atoms with E-state index in [4.69, 9.17) is 10.7 Å². The lowest BCUT2D eigenvalue weighted by molar-refractivity contribution is 0.819. The Kier molecular flexibility index (Phi) is 4.87. The third-order valence-electron chi connectivity index (χ3n) is 3.06. The van der Waals surface area contributed by atoms with E-state index in [1.54, 1.807) is 11.3 Å². The number of nitrogens with two attached hydrogens (primary N) is 1. The Balaban J connectivity index is 2.19. The number of pyridine rings is 1. The number of nitrogens with zero attached hydrogens (tertiary/aromatic N) is 3. The van der Waals surface area contributed by atoms with E-state index >= 15 is 0 Å². The summed E-state index contributed by atoms with van der Waals surface area (Å²) in [6.45, 7) is 6.64. The second kappa shape index (κ2) is 6.63. The van der Waals surface area contributed by atoms with E-state index < -0.39 is 0 Å². The minimum Gasteiger partial charge on any atom is -0.344 e. The van der Waals surface area contributed by atoms with Crippen molar-refractivity contribution >= 4 is 16.5 Å². The maximum Gasteiger partial charge on any atom is 0.186 e. The largest absolute Gasteiger partial charge is 0.344 e. The van der Waals surface area contributed by atoms with Crippen molar-refractivity contribution in [3.63, 3.8) is 0 Å². The van der Waals surface area contributed by atoms with Crippen LogP contribution in [0.5, 0.6) is 0 Å². The summed E-state index contributed by atoms with van der Waals surface area (Å²) in [4.78, 5) is 12.2. The van der Waals surface area contributed by atoms with Gasteiger partial charge in [-0.3, -0.25) is 4.98 Å². The molecule has 2 heterocycles. The maximum absolute atomic E-state index is 5.78. The van der Waals surface area contributed by atoms with Crippen LogP contribution in [0, 0.1) is 0 Å². The van der Waals surface area contributed by atoms with Crippen LogP contribution in [-0.2, 0) is 19.5 Å². The van der Waals surface area contributed by atoms with Crippen LogP contribution in [0.3, 0.4) is 0 Å². The molecular formula is C14H20N4S. The van der Waals surface area contributed by atoms with Gasteiger partial charge in [-0.2, -0.15) is 0 Å². The number of hydrogen-bond acceptors (Lipinski definition) is 5. The summed E-state index contributed by atoms with van der Waals surface area (Å²) in [6.07, 6.45) is 4.59. The standard InChI is InChI=1S/C14H20N4S/c1-3-12-13(9-15)19-14(17-12)18(4-2)10-11-5-7-16-8-6-11/h5-8H,3-4,9-10,15H2,1-2H3. The molecule has 0 aliphatic rings. The molecule has 19 heavy (non-hydrogen) atoms. The van der Waals surface area contributed by atoms with Crippen molar-refractivity contribution in [1.29, 1.82) is 0 Å². The Morgan fingerprint density at radius 3 is 2.53 bits per heavy atom. The molecule has 0 saturated carbocycles. The molecule has 0 spiro atoms. The van der Waals surface area contributed by atoms with Gasteiger partial charge in [0.1, 0.15) is 0 Å². The van der Waals surface area contributed by atoms with Gasteiger partial charge in [0.15, 0.2) is 5.13 Å². The first kappa shape index (κ1) is 14.0. The molecule has 2 aromatic rings. The van der Waals surface area contributed by atoms with Gasteiger partial charge in [0.25, 0.3) is 0 Å². The minimum absolute atomic E-state index is 0.577. The predicted molar refractivity (Wildman–Crippen MR) is 80.3 cm³/mol. The van der Waals surface area contributed by atoms with Gasteiger partial charge < -0.3 is 10.6 Å². The van der Waals surface area contributed by atoms with Gasteiger partial charge in [0.2, 0.25) is 0 Å². The lowest BCUT2D eigenvalue weighted by Crippen LogP contribution is -2.21. The van der Waals surface area contributed by atoms with Gasteiger partial charge in [-0.1, -0.05) is 6.92 Å². The zero-order chi connectivity index (χ0) is 13.7. The SMILES string of the molecule is CCc1nc(N(CC)Cc2ccncc2)sc1CN. The molecule has 0 radical (unpaired) electrons. The summed E-state index contributed by atoms with van der Waals surface area (Å²) in [5.74, 6) is 0. The van der Waals surface area contributed by atoms with Gasteiger partial charge in [-0.15, -0.1) is 11.3 Å². The Morgan fingerprint density at radius 2 is 2.00 bits per heavy atom. The van der Waals surface area contributed by atoms with E-state index in [1.165, 1.54) is 10.4 Å². The molecule has 0 fully saturated rings. The lowest BCUT2D eigenvalue weighted by atomic mass is 10.2. The summed E-state index contributed by atoms with van der Waals surface area (Å²) in [6, 6.07) is 4.09. The van der Waals surface area contributed by atoms with Crippen LogP contribution < -0.4 is 10.6 Å². The van der Waals surface area contributed by atoms with E-state index in [0.29, 0.717) is 6.54 Å². The van der Waals surface area contributed by atoms with E-state index in [9.17, 15) is 0 Å². The first-order chi connectivity index (χ1) is 9.28. The normalized spacial score (nSPS) is 10.7. The van der Waals surface area contributed by atoms with Crippen LogP contribution >= 0.6 is 11.3 Å². The molecule has 0 saturated heterocycles. The lowest BCUT2D eigenvalue weighted by Gasteiger charge is -2.19. The van der Waals surface area contributed by atoms with Crippen LogP contribution in [0.4, 0.5) is 5.13 Å². The highest BCUT2D eigenvalue weighted by Crippen LogP contribution is 2.27. The Morgan fingerprint density at radius 1 is 1.26 bits per heavy atom. The van der Waals surface area contributed by atoms with Crippen molar-refractivity contribution in [3.05, 3.63) is 40.7 Å². The van der Waals surface area contributed by atoms with Gasteiger partial charge in [0, 0.05) is 36.9 Å². The Labute approximate surface area is 118 Å². The molecule has 0 unspecified atom stereocenters. The van der Waals surface area contributed by atoms with E-state index in [2.05, 4.69) is 23.7 Å². The third kappa shape index (κ3) is 3.30. The van der Waals surface area contributed by atoms with Crippen LogP contribution in [0.25, 0.3) is 0 Å². The highest BCUT2D eigenvalue weighted by molar-refractivity contribution is 7.15. The zero-order valence-corrected chi connectivity index (χ0v) is 12.3. The van der Waals surface area contributed by atoms with Crippen LogP contribution in [0.1, 0.15) is 30.0 Å². The number of aryl methyl sites for hydroxylation is 1. The van der Waals surface area contributed by atoms with Crippen molar-refractivity contribution in [2.24, 2.45) is 5.73 Å². The second-order valence-electron chi connectivity index (χ2n) is 4.29. The fourth-order valence-corrected chi connectivity index (χ4v) is 3.05. The zero-order valence-electron chi connectivity index (χ0n) is 11.5. The molecular weight excluding hydrogens is 256 g/mol. The molecule has 2 rings (SSSR count). The fraction of sp³-hybridized carbons (Fsp3) is 0.429. The summed E-state index contributed by atoms with van der Waals surface area (Å²) in [5, 5.41) is 1.07. The Hall–Kier alpha value is -1.46. The number of thiazole rings is 1. The summed E-state index contributed by atoms with van der Waals surface area (Å²) < 4.78 is 0. The average Bonchev–Trinajstić information content (AvgIpc) is 2.89. The van der Waals surface area contributed by atoms with Crippen molar-refractivity contribution in [1.82, 2.24) is 9.97 Å². The maximum atomic E-state index is 5.78. The fourth-order valence-electron chi connectivity index (χ4n) is 1.96. The first-order valence-electron chi connectivity index (χ1n) is 6.61. The van der Waals surface area contributed by atoms with E-state index in [1.807, 2.05) is 24.5 Å². The molecule has 0 amide bonds. The van der Waals surface area contributed by atoms with Crippen LogP contribution in [0.2, 0.25) is 0 Å². The second-order valence-corrected chi connectivity index (χ2v) is 5.36. The molecule has 5 heteroatoms. The first-order valence-corrected chi connectivity index (χ1v) is 7.42. The average molecular weight is 276 g/mol. The van der Waals surface area contributed by atoms with Gasteiger partial charge in [-0.25, -0.2) is 4.98 Å². The molecule has 0 aliphatic carbocycles. The van der Waals surface area contributed by atoms with Crippen molar-refractivity contribution in [2.75, 3.05) is 11.4 Å². The van der Waals surface area contributed by atoms with E-state index in [0.717, 1.165) is 30.3 Å². The van der Waals surface area contributed by atoms with Gasteiger partial charge in [0.05, 0.1) is 5.69 Å². The molecule has 0 atom stereocenters. The quantitative estimate of drug-likeness (QED) is 0.881. The van der Waals surface area contributed by atoms with Gasteiger partial charge >= 0.3 is 0 Å². The van der Waals surface area contributed by atoms with Crippen LogP contribution in [-0.4, -0.2) is 16.5 Å². The highest BCUT2D eigenvalue weighted by Gasteiger charge is 2.13. The minimum atomic E-state index is 0.577. The molecule has 2 aromatic heterocycles.